The third kappa shape index (κ3) is 9.62. The van der Waals surface area contributed by atoms with Crippen molar-refractivity contribution in [2.24, 2.45) is 5.92 Å². The van der Waals surface area contributed by atoms with Crippen molar-refractivity contribution in [1.29, 1.82) is 0 Å². The molecule has 0 aromatic carbocycles. The fourth-order valence-corrected chi connectivity index (χ4v) is 2.05. The van der Waals surface area contributed by atoms with Crippen LogP contribution in [-0.2, 0) is 4.74 Å². The molecule has 0 amide bonds. The minimum atomic E-state index is 0.516. The van der Waals surface area contributed by atoms with E-state index in [1.165, 1.54) is 16.7 Å². The summed E-state index contributed by atoms with van der Waals surface area (Å²) in [4.78, 5) is 0. The van der Waals surface area contributed by atoms with Crippen LogP contribution in [-0.4, -0.2) is 7.11 Å². The molecule has 0 aromatic heterocycles. The molecular formula is C21H33NO. The number of hydrogen-bond donors (Lipinski definition) is 1. The van der Waals surface area contributed by atoms with E-state index >= 15 is 0 Å². The third-order valence-electron chi connectivity index (χ3n) is 3.92. The van der Waals surface area contributed by atoms with E-state index < -0.39 is 0 Å². The van der Waals surface area contributed by atoms with Gasteiger partial charge in [-0.25, -0.2) is 0 Å². The summed E-state index contributed by atoms with van der Waals surface area (Å²) < 4.78 is 4.94. The van der Waals surface area contributed by atoms with Crippen molar-refractivity contribution in [2.45, 2.75) is 46.5 Å². The quantitative estimate of drug-likeness (QED) is 0.269. The van der Waals surface area contributed by atoms with Gasteiger partial charge in [-0.2, -0.15) is 0 Å². The maximum Gasteiger partial charge on any atom is 0.182 e. The number of ether oxygens (including phenoxy) is 1. The summed E-state index contributed by atoms with van der Waals surface area (Å²) in [5, 5.41) is 2.97. The SMILES string of the molecule is C=CC/C(=C\C=C(/C)C(=C)CC)C(C)CC/C=C/NC(=C)OC. The van der Waals surface area contributed by atoms with Crippen molar-refractivity contribution in [2.75, 3.05) is 7.11 Å². The van der Waals surface area contributed by atoms with E-state index in [-0.39, 0.29) is 0 Å². The zero-order valence-electron chi connectivity index (χ0n) is 15.3. The van der Waals surface area contributed by atoms with Crippen molar-refractivity contribution >= 4 is 0 Å². The molecule has 2 heteroatoms. The van der Waals surface area contributed by atoms with Crippen LogP contribution in [0.2, 0.25) is 0 Å². The highest BCUT2D eigenvalue weighted by Crippen LogP contribution is 2.21. The van der Waals surface area contributed by atoms with Crippen LogP contribution in [0, 0.1) is 5.92 Å². The highest BCUT2D eigenvalue weighted by atomic mass is 16.5. The molecule has 0 rings (SSSR count). The number of allylic oxidation sites excluding steroid dienone is 7. The Morgan fingerprint density at radius 3 is 2.52 bits per heavy atom. The van der Waals surface area contributed by atoms with Crippen LogP contribution in [0.15, 0.2) is 72.8 Å². The maximum atomic E-state index is 4.94. The van der Waals surface area contributed by atoms with Gasteiger partial charge >= 0.3 is 0 Å². The summed E-state index contributed by atoms with van der Waals surface area (Å²) in [6, 6.07) is 0. The lowest BCUT2D eigenvalue weighted by molar-refractivity contribution is 0.274. The monoisotopic (exact) mass is 315 g/mol. The summed E-state index contributed by atoms with van der Waals surface area (Å²) in [5.74, 6) is 1.07. The minimum Gasteiger partial charge on any atom is -0.483 e. The van der Waals surface area contributed by atoms with Crippen LogP contribution in [0.1, 0.15) is 46.5 Å². The van der Waals surface area contributed by atoms with Crippen molar-refractivity contribution < 1.29 is 4.74 Å². The first-order valence-electron chi connectivity index (χ1n) is 8.27. The molecule has 0 aliphatic heterocycles. The first-order valence-corrected chi connectivity index (χ1v) is 8.27. The van der Waals surface area contributed by atoms with Gasteiger partial charge < -0.3 is 10.1 Å². The van der Waals surface area contributed by atoms with Crippen LogP contribution in [0.3, 0.4) is 0 Å². The average molecular weight is 316 g/mol. The Morgan fingerprint density at radius 1 is 1.26 bits per heavy atom. The van der Waals surface area contributed by atoms with Crippen molar-refractivity contribution in [3.63, 3.8) is 0 Å². The van der Waals surface area contributed by atoms with Crippen LogP contribution >= 0.6 is 0 Å². The van der Waals surface area contributed by atoms with Gasteiger partial charge in [0, 0.05) is 0 Å². The smallest absolute Gasteiger partial charge is 0.182 e. The summed E-state index contributed by atoms with van der Waals surface area (Å²) in [5.41, 5.74) is 3.86. The van der Waals surface area contributed by atoms with E-state index in [0.717, 1.165) is 25.7 Å². The van der Waals surface area contributed by atoms with Gasteiger partial charge in [-0.3, -0.25) is 0 Å². The van der Waals surface area contributed by atoms with E-state index in [1.54, 1.807) is 7.11 Å². The molecule has 0 spiro atoms. The highest BCUT2D eigenvalue weighted by molar-refractivity contribution is 5.31. The van der Waals surface area contributed by atoms with Gasteiger partial charge in [-0.15, -0.1) is 6.58 Å². The molecule has 0 aliphatic carbocycles. The van der Waals surface area contributed by atoms with E-state index in [9.17, 15) is 0 Å². The zero-order chi connectivity index (χ0) is 17.7. The molecule has 1 unspecified atom stereocenters. The third-order valence-corrected chi connectivity index (χ3v) is 3.92. The first kappa shape index (κ1) is 21.0. The van der Waals surface area contributed by atoms with E-state index in [4.69, 9.17) is 4.74 Å². The Morgan fingerprint density at radius 2 is 1.96 bits per heavy atom. The summed E-state index contributed by atoms with van der Waals surface area (Å²) >= 11 is 0. The first-order chi connectivity index (χ1) is 11.0. The summed E-state index contributed by atoms with van der Waals surface area (Å²) in [6.07, 6.45) is 14.4. The topological polar surface area (TPSA) is 21.3 Å². The van der Waals surface area contributed by atoms with Gasteiger partial charge in [0.05, 0.1) is 7.11 Å². The Bertz CT molecular complexity index is 480. The minimum absolute atomic E-state index is 0.516. The molecule has 1 N–H and O–H groups in total. The lowest BCUT2D eigenvalue weighted by Gasteiger charge is -2.14. The van der Waals surface area contributed by atoms with Crippen LogP contribution in [0.4, 0.5) is 0 Å². The predicted octanol–water partition coefficient (Wildman–Crippen LogP) is 6.04. The molecule has 0 saturated heterocycles. The van der Waals surface area contributed by atoms with Gasteiger partial charge in [0.15, 0.2) is 5.88 Å². The molecular weight excluding hydrogens is 282 g/mol. The molecule has 2 nitrogen and oxygen atoms in total. The molecule has 23 heavy (non-hydrogen) atoms. The highest BCUT2D eigenvalue weighted by Gasteiger charge is 2.06. The van der Waals surface area contributed by atoms with Crippen LogP contribution in [0.5, 0.6) is 0 Å². The molecule has 1 atom stereocenters. The molecule has 0 radical (unpaired) electrons. The molecule has 0 saturated carbocycles. The lowest BCUT2D eigenvalue weighted by atomic mass is 9.92. The van der Waals surface area contributed by atoms with Gasteiger partial charge in [0.25, 0.3) is 0 Å². The molecule has 0 bridgehead atoms. The molecule has 128 valence electrons. The Labute approximate surface area is 143 Å². The zero-order valence-corrected chi connectivity index (χ0v) is 15.3. The average Bonchev–Trinajstić information content (AvgIpc) is 2.56. The molecule has 0 heterocycles. The molecule has 0 aromatic rings. The number of nitrogens with one attached hydrogen (secondary N) is 1. The molecule has 0 aliphatic rings. The largest absolute Gasteiger partial charge is 0.483 e. The van der Waals surface area contributed by atoms with Gasteiger partial charge in [-0.1, -0.05) is 55.9 Å². The second-order valence-corrected chi connectivity index (χ2v) is 5.69. The summed E-state index contributed by atoms with van der Waals surface area (Å²) in [6.45, 7) is 18.2. The second-order valence-electron chi connectivity index (χ2n) is 5.69. The van der Waals surface area contributed by atoms with Crippen molar-refractivity contribution in [3.05, 3.63) is 72.8 Å². The van der Waals surface area contributed by atoms with Crippen molar-refractivity contribution in [3.8, 4) is 0 Å². The number of hydrogen-bond acceptors (Lipinski definition) is 2. The fraction of sp³-hybridized carbons (Fsp3) is 0.429. The predicted molar refractivity (Wildman–Crippen MR) is 103 cm³/mol. The fourth-order valence-electron chi connectivity index (χ4n) is 2.05. The number of rotatable bonds is 12. The van der Waals surface area contributed by atoms with E-state index in [1.807, 2.05) is 12.3 Å². The maximum absolute atomic E-state index is 4.94. The van der Waals surface area contributed by atoms with Crippen molar-refractivity contribution in [1.82, 2.24) is 5.32 Å². The van der Waals surface area contributed by atoms with Gasteiger partial charge in [-0.05, 0) is 56.9 Å². The standard InChI is InChI=1S/C21H33NO/c1-8-12-21(15-14-18(4)17(3)9-2)19(5)13-10-11-16-22-20(6)23-7/h8,11,14-16,19,22H,1,3,6,9-10,12-13H2,2,4-5,7H3/b16-11+,18-14+,21-15+. The van der Waals surface area contributed by atoms with E-state index in [0.29, 0.717) is 11.8 Å². The lowest BCUT2D eigenvalue weighted by Crippen LogP contribution is -2.04. The Kier molecular flexibility index (Phi) is 11.5. The van der Waals surface area contributed by atoms with Crippen LogP contribution in [0.25, 0.3) is 0 Å². The molecule has 0 fully saturated rings. The van der Waals surface area contributed by atoms with Gasteiger partial charge in [0.1, 0.15) is 0 Å². The van der Waals surface area contributed by atoms with Gasteiger partial charge in [0.2, 0.25) is 0 Å². The van der Waals surface area contributed by atoms with Crippen LogP contribution < -0.4 is 5.32 Å². The second kappa shape index (κ2) is 12.6. The Balaban J connectivity index is 4.61. The number of methoxy groups -OCH3 is 1. The summed E-state index contributed by atoms with van der Waals surface area (Å²) in [7, 11) is 1.60. The Hall–Kier alpha value is -1.96. The normalized spacial score (nSPS) is 13.7. The van der Waals surface area contributed by atoms with E-state index in [2.05, 4.69) is 64.1 Å².